The fourth-order valence-corrected chi connectivity index (χ4v) is 5.51. The topological polar surface area (TPSA) is 111 Å². The van der Waals surface area contributed by atoms with E-state index in [9.17, 15) is 19.2 Å². The Morgan fingerprint density at radius 1 is 1.16 bits per heavy atom. The number of nitriles is 1. The second-order valence-corrected chi connectivity index (χ2v) is 11.1. The molecule has 2 heterocycles. The third-order valence-corrected chi connectivity index (χ3v) is 8.06. The average molecular weight is 599 g/mol. The number of amides is 1. The third-order valence-electron chi connectivity index (χ3n) is 8.06. The molecule has 1 amide bonds. The van der Waals surface area contributed by atoms with Gasteiger partial charge in [-0.15, -0.1) is 0 Å². The molecule has 10 heteroatoms. The predicted octanol–water partition coefficient (Wildman–Crippen LogP) is 4.97. The number of benzene rings is 2. The molecule has 0 spiro atoms. The molecule has 9 nitrogen and oxygen atoms in total. The molecule has 0 radical (unpaired) electrons. The number of hydrogen-bond acceptors (Lipinski definition) is 8. The van der Waals surface area contributed by atoms with Gasteiger partial charge in [-0.25, -0.2) is 19.2 Å². The Labute approximate surface area is 258 Å². The van der Waals surface area contributed by atoms with Crippen LogP contribution in [0, 0.1) is 31.0 Å². The molecular formula is C34H39FN6O3. The van der Waals surface area contributed by atoms with Gasteiger partial charge in [0.05, 0.1) is 35.7 Å². The van der Waals surface area contributed by atoms with Crippen molar-refractivity contribution >= 4 is 23.6 Å². The van der Waals surface area contributed by atoms with E-state index in [1.807, 2.05) is 45.0 Å². The number of likely N-dealkylation sites (tertiary alicyclic amines) is 1. The lowest BCUT2D eigenvalue weighted by molar-refractivity contribution is -0.134. The standard InChI is InChI=1S/C34H39FN6O3/c1-23(39-34(43)33-24(2)37-22-38-25(33)3)13-16-40-17-14-30(15-18-40)41(21-28-19-27(20-36)7-11-31(28)35)29-9-5-26(6-10-29)8-12-32(42)44-4/h5-12,19,22-23,30H,13-18,21H2,1-4H3,(H,39,43)/b12-8+. The van der Waals surface area contributed by atoms with E-state index in [0.717, 1.165) is 50.1 Å². The number of nitrogens with one attached hydrogen (secondary N) is 1. The minimum absolute atomic E-state index is 0.0159. The summed E-state index contributed by atoms with van der Waals surface area (Å²) in [6, 6.07) is 14.5. The minimum atomic E-state index is -0.428. The van der Waals surface area contributed by atoms with Crippen LogP contribution < -0.4 is 10.2 Å². The Bertz CT molecular complexity index is 1510. The first-order valence-electron chi connectivity index (χ1n) is 14.8. The monoisotopic (exact) mass is 598 g/mol. The van der Waals surface area contributed by atoms with E-state index in [1.54, 1.807) is 12.1 Å². The van der Waals surface area contributed by atoms with E-state index in [0.29, 0.717) is 34.6 Å². The minimum Gasteiger partial charge on any atom is -0.466 e. The summed E-state index contributed by atoms with van der Waals surface area (Å²) in [4.78, 5) is 37.2. The number of ether oxygens (including phenoxy) is 1. The van der Waals surface area contributed by atoms with Crippen LogP contribution in [-0.4, -0.2) is 65.6 Å². The highest BCUT2D eigenvalue weighted by molar-refractivity contribution is 5.96. The molecule has 4 rings (SSSR count). The van der Waals surface area contributed by atoms with Gasteiger partial charge < -0.3 is 19.9 Å². The van der Waals surface area contributed by atoms with Gasteiger partial charge in [0.1, 0.15) is 12.1 Å². The molecule has 1 N–H and O–H groups in total. The molecule has 1 aliphatic rings. The highest BCUT2D eigenvalue weighted by atomic mass is 19.1. The smallest absolute Gasteiger partial charge is 0.330 e. The van der Waals surface area contributed by atoms with Gasteiger partial charge in [0.2, 0.25) is 0 Å². The second-order valence-electron chi connectivity index (χ2n) is 11.1. The normalized spacial score (nSPS) is 14.6. The summed E-state index contributed by atoms with van der Waals surface area (Å²) < 4.78 is 19.5. The zero-order valence-electron chi connectivity index (χ0n) is 25.7. The Kier molecular flexibility index (Phi) is 11.2. The molecule has 44 heavy (non-hydrogen) atoms. The molecule has 230 valence electrons. The molecule has 1 aliphatic heterocycles. The number of esters is 1. The number of anilines is 1. The van der Waals surface area contributed by atoms with Crippen molar-refractivity contribution in [3.05, 3.63) is 94.3 Å². The van der Waals surface area contributed by atoms with Gasteiger partial charge in [-0.1, -0.05) is 12.1 Å². The number of carbonyl (C=O) groups is 2. The van der Waals surface area contributed by atoms with Crippen molar-refractivity contribution < 1.29 is 18.7 Å². The Morgan fingerprint density at radius 3 is 2.48 bits per heavy atom. The van der Waals surface area contributed by atoms with Crippen molar-refractivity contribution in [1.82, 2.24) is 20.2 Å². The lowest BCUT2D eigenvalue weighted by atomic mass is 9.99. The molecule has 3 aromatic rings. The fourth-order valence-electron chi connectivity index (χ4n) is 5.51. The molecule has 1 aromatic heterocycles. The summed E-state index contributed by atoms with van der Waals surface area (Å²) in [7, 11) is 1.33. The molecular weight excluding hydrogens is 559 g/mol. The summed E-state index contributed by atoms with van der Waals surface area (Å²) in [6.45, 7) is 8.54. The molecule has 0 saturated carbocycles. The number of halogens is 1. The molecule has 1 fully saturated rings. The van der Waals surface area contributed by atoms with E-state index in [2.05, 4.69) is 35.9 Å². The van der Waals surface area contributed by atoms with Gasteiger partial charge in [0.15, 0.2) is 0 Å². The number of carbonyl (C=O) groups excluding carboxylic acids is 2. The largest absolute Gasteiger partial charge is 0.466 e. The van der Waals surface area contributed by atoms with Crippen LogP contribution in [0.2, 0.25) is 0 Å². The van der Waals surface area contributed by atoms with Crippen molar-refractivity contribution in [3.8, 4) is 6.07 Å². The maximum atomic E-state index is 14.9. The maximum Gasteiger partial charge on any atom is 0.330 e. The number of piperidine rings is 1. The lowest BCUT2D eigenvalue weighted by Gasteiger charge is -2.40. The van der Waals surface area contributed by atoms with Crippen LogP contribution in [0.15, 0.2) is 54.9 Å². The van der Waals surface area contributed by atoms with Crippen molar-refractivity contribution in [2.75, 3.05) is 31.6 Å². The number of methoxy groups -OCH3 is 1. The Morgan fingerprint density at radius 2 is 1.84 bits per heavy atom. The summed E-state index contributed by atoms with van der Waals surface area (Å²) in [5.41, 5.74) is 4.54. The first kappa shape index (κ1) is 32.3. The summed E-state index contributed by atoms with van der Waals surface area (Å²) in [6.07, 6.45) is 7.09. The predicted molar refractivity (Wildman–Crippen MR) is 167 cm³/mol. The fraction of sp³-hybridized carbons (Fsp3) is 0.382. The van der Waals surface area contributed by atoms with Gasteiger partial charge in [0, 0.05) is 55.6 Å². The second kappa shape index (κ2) is 15.2. The van der Waals surface area contributed by atoms with Crippen LogP contribution in [0.3, 0.4) is 0 Å². The van der Waals surface area contributed by atoms with E-state index in [4.69, 9.17) is 0 Å². The Balaban J connectivity index is 1.40. The zero-order chi connectivity index (χ0) is 31.6. The number of hydrogen-bond donors (Lipinski definition) is 1. The zero-order valence-corrected chi connectivity index (χ0v) is 25.7. The average Bonchev–Trinajstić information content (AvgIpc) is 3.02. The van der Waals surface area contributed by atoms with E-state index in [-0.39, 0.29) is 23.8 Å². The van der Waals surface area contributed by atoms with Gasteiger partial charge in [-0.3, -0.25) is 4.79 Å². The van der Waals surface area contributed by atoms with Gasteiger partial charge in [-0.2, -0.15) is 5.26 Å². The van der Waals surface area contributed by atoms with Crippen LogP contribution >= 0.6 is 0 Å². The van der Waals surface area contributed by atoms with Gasteiger partial charge in [-0.05, 0) is 82.0 Å². The molecule has 1 atom stereocenters. The Hall–Kier alpha value is -4.62. The summed E-state index contributed by atoms with van der Waals surface area (Å²) in [5.74, 6) is -0.919. The third kappa shape index (κ3) is 8.48. The first-order chi connectivity index (χ1) is 21.2. The summed E-state index contributed by atoms with van der Waals surface area (Å²) >= 11 is 0. The molecule has 0 bridgehead atoms. The van der Waals surface area contributed by atoms with Crippen LogP contribution in [0.1, 0.15) is 64.6 Å². The highest BCUT2D eigenvalue weighted by Crippen LogP contribution is 2.28. The molecule has 2 aromatic carbocycles. The van der Waals surface area contributed by atoms with Crippen molar-refractivity contribution in [2.24, 2.45) is 0 Å². The highest BCUT2D eigenvalue weighted by Gasteiger charge is 2.26. The van der Waals surface area contributed by atoms with E-state index < -0.39 is 5.97 Å². The van der Waals surface area contributed by atoms with Gasteiger partial charge >= 0.3 is 5.97 Å². The van der Waals surface area contributed by atoms with Gasteiger partial charge in [0.25, 0.3) is 5.91 Å². The number of nitrogens with zero attached hydrogens (tertiary/aromatic N) is 5. The molecule has 1 saturated heterocycles. The van der Waals surface area contributed by atoms with Crippen molar-refractivity contribution in [3.63, 3.8) is 0 Å². The van der Waals surface area contributed by atoms with Crippen LogP contribution in [0.5, 0.6) is 0 Å². The number of rotatable bonds is 11. The summed E-state index contributed by atoms with van der Waals surface area (Å²) in [5, 5.41) is 12.5. The van der Waals surface area contributed by atoms with E-state index in [1.165, 1.54) is 31.6 Å². The molecule has 0 aliphatic carbocycles. The SMILES string of the molecule is COC(=O)/C=C/c1ccc(N(Cc2cc(C#N)ccc2F)C2CCN(CCC(C)NC(=O)c3c(C)ncnc3C)CC2)cc1. The number of aryl methyl sites for hydroxylation is 2. The van der Waals surface area contributed by atoms with Crippen LogP contribution in [0.4, 0.5) is 10.1 Å². The van der Waals surface area contributed by atoms with E-state index >= 15 is 0 Å². The van der Waals surface area contributed by atoms with Crippen LogP contribution in [0.25, 0.3) is 6.08 Å². The molecule has 1 unspecified atom stereocenters. The first-order valence-corrected chi connectivity index (χ1v) is 14.8. The van der Waals surface area contributed by atoms with Crippen molar-refractivity contribution in [1.29, 1.82) is 5.26 Å². The van der Waals surface area contributed by atoms with Crippen LogP contribution in [-0.2, 0) is 16.1 Å². The lowest BCUT2D eigenvalue weighted by Crippen LogP contribution is -2.46. The van der Waals surface area contributed by atoms with Crippen molar-refractivity contribution in [2.45, 2.75) is 58.7 Å². The maximum absolute atomic E-state index is 14.9. The quantitative estimate of drug-likeness (QED) is 0.243. The number of aromatic nitrogens is 2.